The maximum absolute atomic E-state index is 14.5. The summed E-state index contributed by atoms with van der Waals surface area (Å²) in [5.41, 5.74) is 0. The first kappa shape index (κ1) is 27.6. The van der Waals surface area contributed by atoms with Gasteiger partial charge in [0.2, 0.25) is 11.6 Å². The Morgan fingerprint density at radius 2 is 1.33 bits per heavy atom. The van der Waals surface area contributed by atoms with Gasteiger partial charge in [0.1, 0.15) is 0 Å². The lowest BCUT2D eigenvalue weighted by molar-refractivity contribution is -0.140. The molecule has 0 amide bonds. The Balaban J connectivity index is 1.72. The molecule has 0 aliphatic heterocycles. The van der Waals surface area contributed by atoms with E-state index in [2.05, 4.69) is 13.8 Å². The summed E-state index contributed by atoms with van der Waals surface area (Å²) in [5, 5.41) is 0. The molecule has 0 atom stereocenters. The molecule has 2 rings (SSSR count). The zero-order valence-corrected chi connectivity index (χ0v) is 20.8. The number of rotatable bonds is 16. The Morgan fingerprint density at radius 1 is 0.788 bits per heavy atom. The summed E-state index contributed by atoms with van der Waals surface area (Å²) in [7, 11) is 0. The van der Waals surface area contributed by atoms with Gasteiger partial charge in [-0.3, -0.25) is 4.79 Å². The Hall–Kier alpha value is -1.65. The summed E-state index contributed by atoms with van der Waals surface area (Å²) in [6, 6.07) is 2.66. The van der Waals surface area contributed by atoms with Gasteiger partial charge in [-0.2, -0.15) is 8.78 Å². The maximum Gasteiger partial charge on any atom is 0.314 e. The maximum atomic E-state index is 14.5. The molecular weight excluding hydrogens is 422 g/mol. The van der Waals surface area contributed by atoms with Gasteiger partial charge in [-0.25, -0.2) is 0 Å². The van der Waals surface area contributed by atoms with Crippen molar-refractivity contribution in [2.24, 2.45) is 11.8 Å². The first-order valence-corrected chi connectivity index (χ1v) is 13.4. The highest BCUT2D eigenvalue weighted by Gasteiger charge is 2.28. The van der Waals surface area contributed by atoms with E-state index in [-0.39, 0.29) is 17.4 Å². The number of hydrogen-bond donors (Lipinski definition) is 0. The van der Waals surface area contributed by atoms with Gasteiger partial charge in [0.15, 0.2) is 11.5 Å². The summed E-state index contributed by atoms with van der Waals surface area (Å²) >= 11 is 0. The van der Waals surface area contributed by atoms with Crippen molar-refractivity contribution >= 4 is 5.97 Å². The van der Waals surface area contributed by atoms with Gasteiger partial charge in [-0.1, -0.05) is 84.5 Å². The molecule has 3 nitrogen and oxygen atoms in total. The van der Waals surface area contributed by atoms with Crippen molar-refractivity contribution in [1.82, 2.24) is 0 Å². The second kappa shape index (κ2) is 16.1. The average Bonchev–Trinajstić information content (AvgIpc) is 2.83. The molecule has 0 spiro atoms. The SMILES string of the molecule is CCCCCCCCOc1ccc(OC(=O)[C@H]2CC[C@H](CCCCCCC)CC2)c(F)c1F. The first-order valence-electron chi connectivity index (χ1n) is 13.4. The molecule has 0 radical (unpaired) electrons. The van der Waals surface area contributed by atoms with Gasteiger partial charge in [-0.05, 0) is 50.2 Å². The predicted molar refractivity (Wildman–Crippen MR) is 130 cm³/mol. The van der Waals surface area contributed by atoms with Crippen molar-refractivity contribution in [2.45, 2.75) is 117 Å². The third kappa shape index (κ3) is 10.0. The molecule has 0 unspecified atom stereocenters. The van der Waals surface area contributed by atoms with E-state index in [0.29, 0.717) is 12.5 Å². The van der Waals surface area contributed by atoms with Gasteiger partial charge in [-0.15, -0.1) is 0 Å². The minimum atomic E-state index is -1.15. The molecule has 1 saturated carbocycles. The predicted octanol–water partition coefficient (Wildman–Crippen LogP) is 8.78. The third-order valence-corrected chi connectivity index (χ3v) is 6.87. The zero-order valence-electron chi connectivity index (χ0n) is 20.8. The quantitative estimate of drug-likeness (QED) is 0.139. The molecule has 0 aromatic heterocycles. The minimum Gasteiger partial charge on any atom is -0.490 e. The molecule has 1 fully saturated rings. The van der Waals surface area contributed by atoms with E-state index < -0.39 is 17.6 Å². The normalized spacial score (nSPS) is 18.3. The van der Waals surface area contributed by atoms with Crippen LogP contribution in [0.3, 0.4) is 0 Å². The molecule has 1 aromatic rings. The second-order valence-corrected chi connectivity index (χ2v) is 9.65. The van der Waals surface area contributed by atoms with E-state index in [1.807, 2.05) is 0 Å². The smallest absolute Gasteiger partial charge is 0.314 e. The Labute approximate surface area is 199 Å². The van der Waals surface area contributed by atoms with Crippen LogP contribution in [-0.4, -0.2) is 12.6 Å². The Bertz CT molecular complexity index is 684. The van der Waals surface area contributed by atoms with Crippen molar-refractivity contribution in [3.05, 3.63) is 23.8 Å². The van der Waals surface area contributed by atoms with Crippen molar-refractivity contribution in [1.29, 1.82) is 0 Å². The van der Waals surface area contributed by atoms with Crippen LogP contribution in [0.5, 0.6) is 11.5 Å². The van der Waals surface area contributed by atoms with Gasteiger partial charge >= 0.3 is 5.97 Å². The van der Waals surface area contributed by atoms with Crippen LogP contribution in [0.15, 0.2) is 12.1 Å². The zero-order chi connectivity index (χ0) is 23.9. The van der Waals surface area contributed by atoms with Crippen LogP contribution in [-0.2, 0) is 4.79 Å². The molecule has 0 saturated heterocycles. The molecule has 0 heterocycles. The first-order chi connectivity index (χ1) is 16.1. The Kier molecular flexibility index (Phi) is 13.4. The van der Waals surface area contributed by atoms with E-state index in [4.69, 9.17) is 9.47 Å². The fraction of sp³-hybridized carbons (Fsp3) is 0.750. The number of hydrogen-bond acceptors (Lipinski definition) is 3. The number of unbranched alkanes of at least 4 members (excludes halogenated alkanes) is 9. The molecule has 33 heavy (non-hydrogen) atoms. The fourth-order valence-electron chi connectivity index (χ4n) is 4.68. The molecule has 0 N–H and O–H groups in total. The van der Waals surface area contributed by atoms with Crippen LogP contribution in [0.2, 0.25) is 0 Å². The average molecular weight is 467 g/mol. The van der Waals surface area contributed by atoms with E-state index in [0.717, 1.165) is 44.9 Å². The monoisotopic (exact) mass is 466 g/mol. The van der Waals surface area contributed by atoms with Gasteiger partial charge in [0, 0.05) is 0 Å². The summed E-state index contributed by atoms with van der Waals surface area (Å²) in [6.45, 7) is 4.74. The van der Waals surface area contributed by atoms with Gasteiger partial charge in [0.05, 0.1) is 12.5 Å². The number of ether oxygens (including phenoxy) is 2. The van der Waals surface area contributed by atoms with Gasteiger partial charge in [0.25, 0.3) is 0 Å². The third-order valence-electron chi connectivity index (χ3n) is 6.87. The van der Waals surface area contributed by atoms with E-state index in [9.17, 15) is 13.6 Å². The standard InChI is InChI=1S/C28H44F2O3/c1-3-5-7-9-11-13-21-32-24-19-20-25(27(30)26(24)29)33-28(31)23-17-15-22(16-18-23)14-12-10-8-6-4-2/h19-20,22-23H,3-18,21H2,1-2H3/t22-,23-. The van der Waals surface area contributed by atoms with Crippen LogP contribution in [0.4, 0.5) is 8.78 Å². The summed E-state index contributed by atoms with van der Waals surface area (Å²) < 4.78 is 39.5. The lowest BCUT2D eigenvalue weighted by Gasteiger charge is -2.27. The number of benzene rings is 1. The van der Waals surface area contributed by atoms with Crippen LogP contribution >= 0.6 is 0 Å². The number of carbonyl (C=O) groups excluding carboxylic acids is 1. The van der Waals surface area contributed by atoms with E-state index >= 15 is 0 Å². The summed E-state index contributed by atoms with van der Waals surface area (Å²) in [5.74, 6) is -2.71. The molecule has 0 bridgehead atoms. The highest BCUT2D eigenvalue weighted by atomic mass is 19.2. The number of halogens is 2. The highest BCUT2D eigenvalue weighted by molar-refractivity contribution is 5.75. The summed E-state index contributed by atoms with van der Waals surface area (Å²) in [4.78, 5) is 12.5. The molecular formula is C28H44F2O3. The van der Waals surface area contributed by atoms with Crippen molar-refractivity contribution in [3.63, 3.8) is 0 Å². The van der Waals surface area contributed by atoms with Crippen molar-refractivity contribution in [2.75, 3.05) is 6.61 Å². The van der Waals surface area contributed by atoms with Crippen LogP contribution in [0.1, 0.15) is 117 Å². The largest absolute Gasteiger partial charge is 0.490 e. The number of esters is 1. The molecule has 1 aliphatic rings. The molecule has 188 valence electrons. The van der Waals surface area contributed by atoms with E-state index in [1.54, 1.807) is 0 Å². The van der Waals surface area contributed by atoms with Crippen molar-refractivity contribution in [3.8, 4) is 11.5 Å². The Morgan fingerprint density at radius 3 is 2.00 bits per heavy atom. The molecule has 5 heteroatoms. The lowest BCUT2D eigenvalue weighted by atomic mass is 9.80. The molecule has 1 aliphatic carbocycles. The molecule has 1 aromatic carbocycles. The lowest BCUT2D eigenvalue weighted by Crippen LogP contribution is -2.26. The highest BCUT2D eigenvalue weighted by Crippen LogP contribution is 2.34. The van der Waals surface area contributed by atoms with Gasteiger partial charge < -0.3 is 9.47 Å². The van der Waals surface area contributed by atoms with E-state index in [1.165, 1.54) is 69.9 Å². The van der Waals surface area contributed by atoms with Crippen LogP contribution in [0, 0.1) is 23.5 Å². The second-order valence-electron chi connectivity index (χ2n) is 9.65. The van der Waals surface area contributed by atoms with Crippen LogP contribution < -0.4 is 9.47 Å². The summed E-state index contributed by atoms with van der Waals surface area (Å²) in [6.07, 6.45) is 17.8. The minimum absolute atomic E-state index is 0.125. The van der Waals surface area contributed by atoms with Crippen molar-refractivity contribution < 1.29 is 23.0 Å². The van der Waals surface area contributed by atoms with Crippen LogP contribution in [0.25, 0.3) is 0 Å². The fourth-order valence-corrected chi connectivity index (χ4v) is 4.68. The number of carbonyl (C=O) groups is 1. The topological polar surface area (TPSA) is 35.5 Å².